The maximum Gasteiger partial charge on any atom is 0.269 e. The lowest BCUT2D eigenvalue weighted by Crippen LogP contribution is -2.32. The number of ether oxygens (including phenoxy) is 1. The fourth-order valence-electron chi connectivity index (χ4n) is 1.78. The fraction of sp³-hybridized carbons (Fsp3) is 0.500. The third-order valence-corrected chi connectivity index (χ3v) is 2.80. The van der Waals surface area contributed by atoms with Crippen LogP contribution in [0.2, 0.25) is 0 Å². The minimum absolute atomic E-state index is 0.150. The van der Waals surface area contributed by atoms with E-state index in [1.165, 1.54) is 0 Å². The van der Waals surface area contributed by atoms with Gasteiger partial charge in [-0.25, -0.2) is 4.98 Å². The molecule has 0 aliphatic carbocycles. The third-order valence-electron chi connectivity index (χ3n) is 2.80. The van der Waals surface area contributed by atoms with Gasteiger partial charge in [-0.05, 0) is 25.0 Å². The van der Waals surface area contributed by atoms with Crippen molar-refractivity contribution in [3.05, 3.63) is 24.0 Å². The number of carbonyl (C=O) groups excluding carboxylic acids is 1. The molecule has 0 bridgehead atoms. The number of carbonyl (C=O) groups is 1. The van der Waals surface area contributed by atoms with E-state index in [-0.39, 0.29) is 12.0 Å². The molecule has 1 aliphatic rings. The Morgan fingerprint density at radius 2 is 2.47 bits per heavy atom. The normalized spacial score (nSPS) is 19.0. The van der Waals surface area contributed by atoms with Gasteiger partial charge in [0.05, 0.1) is 18.0 Å². The van der Waals surface area contributed by atoms with Crippen LogP contribution in [0.25, 0.3) is 0 Å². The van der Waals surface area contributed by atoms with Crippen LogP contribution in [-0.4, -0.2) is 37.2 Å². The first-order valence-electron chi connectivity index (χ1n) is 5.83. The Morgan fingerprint density at radius 1 is 1.59 bits per heavy atom. The van der Waals surface area contributed by atoms with Crippen molar-refractivity contribution in [1.29, 1.82) is 0 Å². The van der Waals surface area contributed by atoms with Gasteiger partial charge in [-0.1, -0.05) is 0 Å². The number of nitrogens with zero attached hydrogens (tertiary/aromatic N) is 1. The molecule has 0 aromatic carbocycles. The number of pyridine rings is 1. The van der Waals surface area contributed by atoms with Crippen LogP contribution in [0.5, 0.6) is 0 Å². The Balaban J connectivity index is 1.85. The number of anilines is 1. The molecule has 17 heavy (non-hydrogen) atoms. The molecule has 1 saturated heterocycles. The second kappa shape index (κ2) is 5.63. The summed E-state index contributed by atoms with van der Waals surface area (Å²) >= 11 is 0. The van der Waals surface area contributed by atoms with Crippen molar-refractivity contribution in [2.45, 2.75) is 18.9 Å². The van der Waals surface area contributed by atoms with E-state index < -0.39 is 0 Å². The van der Waals surface area contributed by atoms with E-state index in [1.54, 1.807) is 12.3 Å². The van der Waals surface area contributed by atoms with E-state index in [2.05, 4.69) is 15.6 Å². The third kappa shape index (κ3) is 3.17. The summed E-state index contributed by atoms with van der Waals surface area (Å²) < 4.78 is 5.43. The molecule has 1 fully saturated rings. The first kappa shape index (κ1) is 11.9. The Morgan fingerprint density at radius 3 is 3.06 bits per heavy atom. The van der Waals surface area contributed by atoms with Crippen LogP contribution in [0.3, 0.4) is 0 Å². The first-order chi connectivity index (χ1) is 8.29. The van der Waals surface area contributed by atoms with Gasteiger partial charge in [0.15, 0.2) is 0 Å². The van der Waals surface area contributed by atoms with Crippen molar-refractivity contribution in [3.63, 3.8) is 0 Å². The molecule has 1 unspecified atom stereocenters. The Bertz CT molecular complexity index is 372. The molecule has 1 aromatic heterocycles. The summed E-state index contributed by atoms with van der Waals surface area (Å²) in [6.45, 7) is 1.37. The Hall–Kier alpha value is -1.62. The first-order valence-corrected chi connectivity index (χ1v) is 5.83. The van der Waals surface area contributed by atoms with Gasteiger partial charge in [0.2, 0.25) is 0 Å². The molecule has 0 spiro atoms. The molecule has 2 rings (SSSR count). The molecule has 1 amide bonds. The zero-order valence-corrected chi connectivity index (χ0v) is 9.90. The summed E-state index contributed by atoms with van der Waals surface area (Å²) in [5, 5.41) is 5.79. The number of amides is 1. The smallest absolute Gasteiger partial charge is 0.269 e. The van der Waals surface area contributed by atoms with Gasteiger partial charge in [0.25, 0.3) is 5.91 Å². The maximum absolute atomic E-state index is 11.8. The van der Waals surface area contributed by atoms with Crippen LogP contribution in [-0.2, 0) is 4.74 Å². The summed E-state index contributed by atoms with van der Waals surface area (Å²) in [4.78, 5) is 15.8. The van der Waals surface area contributed by atoms with E-state index in [1.807, 2.05) is 13.1 Å². The molecular weight excluding hydrogens is 218 g/mol. The van der Waals surface area contributed by atoms with Gasteiger partial charge < -0.3 is 15.4 Å². The molecule has 92 valence electrons. The van der Waals surface area contributed by atoms with Crippen LogP contribution < -0.4 is 10.6 Å². The molecule has 1 aliphatic heterocycles. The average Bonchev–Trinajstić information content (AvgIpc) is 2.89. The highest BCUT2D eigenvalue weighted by Gasteiger charge is 2.16. The van der Waals surface area contributed by atoms with E-state index in [9.17, 15) is 4.79 Å². The van der Waals surface area contributed by atoms with Crippen molar-refractivity contribution >= 4 is 11.6 Å². The summed E-state index contributed by atoms with van der Waals surface area (Å²) in [6, 6.07) is 3.53. The number of aromatic nitrogens is 1. The topological polar surface area (TPSA) is 63.2 Å². The lowest BCUT2D eigenvalue weighted by Gasteiger charge is -2.10. The molecule has 5 heteroatoms. The fourth-order valence-corrected chi connectivity index (χ4v) is 1.78. The van der Waals surface area contributed by atoms with Gasteiger partial charge in [0, 0.05) is 20.2 Å². The van der Waals surface area contributed by atoms with Crippen molar-refractivity contribution in [2.75, 3.05) is 25.5 Å². The van der Waals surface area contributed by atoms with Crippen LogP contribution in [0.15, 0.2) is 18.3 Å². The van der Waals surface area contributed by atoms with Crippen molar-refractivity contribution in [3.8, 4) is 0 Å². The molecule has 5 nitrogen and oxygen atoms in total. The summed E-state index contributed by atoms with van der Waals surface area (Å²) in [5.74, 6) is -0.150. The SMILES string of the molecule is CNc1ccc(C(=O)NCC2CCCO2)nc1. The van der Waals surface area contributed by atoms with E-state index in [4.69, 9.17) is 4.74 Å². The monoisotopic (exact) mass is 235 g/mol. The molecular formula is C12H17N3O2. The highest BCUT2D eigenvalue weighted by Crippen LogP contribution is 2.11. The highest BCUT2D eigenvalue weighted by atomic mass is 16.5. The summed E-state index contributed by atoms with van der Waals surface area (Å²) in [7, 11) is 1.81. The molecule has 2 heterocycles. The highest BCUT2D eigenvalue weighted by molar-refractivity contribution is 5.92. The second-order valence-corrected chi connectivity index (χ2v) is 4.03. The zero-order chi connectivity index (χ0) is 12.1. The number of nitrogens with one attached hydrogen (secondary N) is 2. The van der Waals surface area contributed by atoms with Crippen molar-refractivity contribution in [2.24, 2.45) is 0 Å². The molecule has 1 atom stereocenters. The Labute approximate surface area is 101 Å². The molecule has 0 radical (unpaired) electrons. The van der Waals surface area contributed by atoms with Crippen LogP contribution >= 0.6 is 0 Å². The van der Waals surface area contributed by atoms with Gasteiger partial charge in [0.1, 0.15) is 5.69 Å². The van der Waals surface area contributed by atoms with Gasteiger partial charge in [-0.3, -0.25) is 4.79 Å². The standard InChI is InChI=1S/C12H17N3O2/c1-13-9-4-5-11(14-7-9)12(16)15-8-10-3-2-6-17-10/h4-5,7,10,13H,2-3,6,8H2,1H3,(H,15,16). The lowest BCUT2D eigenvalue weighted by atomic mass is 10.2. The summed E-state index contributed by atoms with van der Waals surface area (Å²) in [6.07, 6.45) is 3.90. The predicted molar refractivity (Wildman–Crippen MR) is 65.1 cm³/mol. The summed E-state index contributed by atoms with van der Waals surface area (Å²) in [5.41, 5.74) is 1.32. The Kier molecular flexibility index (Phi) is 3.93. The maximum atomic E-state index is 11.8. The minimum Gasteiger partial charge on any atom is -0.387 e. The number of rotatable bonds is 4. The largest absolute Gasteiger partial charge is 0.387 e. The number of hydrogen-bond donors (Lipinski definition) is 2. The lowest BCUT2D eigenvalue weighted by molar-refractivity contribution is 0.0854. The predicted octanol–water partition coefficient (Wildman–Crippen LogP) is 1.03. The van der Waals surface area contributed by atoms with E-state index in [0.29, 0.717) is 12.2 Å². The van der Waals surface area contributed by atoms with Gasteiger partial charge in [-0.15, -0.1) is 0 Å². The van der Waals surface area contributed by atoms with Crippen LogP contribution in [0.4, 0.5) is 5.69 Å². The van der Waals surface area contributed by atoms with Crippen LogP contribution in [0.1, 0.15) is 23.3 Å². The molecule has 2 N–H and O–H groups in total. The zero-order valence-electron chi connectivity index (χ0n) is 9.90. The van der Waals surface area contributed by atoms with Gasteiger partial charge in [-0.2, -0.15) is 0 Å². The molecule has 1 aromatic rings. The van der Waals surface area contributed by atoms with Crippen molar-refractivity contribution in [1.82, 2.24) is 10.3 Å². The van der Waals surface area contributed by atoms with Crippen LogP contribution in [0, 0.1) is 0 Å². The second-order valence-electron chi connectivity index (χ2n) is 4.03. The quantitative estimate of drug-likeness (QED) is 0.818. The van der Waals surface area contributed by atoms with E-state index >= 15 is 0 Å². The van der Waals surface area contributed by atoms with E-state index in [0.717, 1.165) is 25.1 Å². The number of hydrogen-bond acceptors (Lipinski definition) is 4. The minimum atomic E-state index is -0.150. The average molecular weight is 235 g/mol. The van der Waals surface area contributed by atoms with Gasteiger partial charge >= 0.3 is 0 Å². The van der Waals surface area contributed by atoms with Crippen molar-refractivity contribution < 1.29 is 9.53 Å². The molecule has 0 saturated carbocycles.